The predicted molar refractivity (Wildman–Crippen MR) is 75.1 cm³/mol. The number of ether oxygens (including phenoxy) is 1. The maximum atomic E-state index is 6.32. The largest absolute Gasteiger partial charge is 0.492 e. The van der Waals surface area contributed by atoms with Gasteiger partial charge in [-0.15, -0.1) is 11.3 Å². The second kappa shape index (κ2) is 5.98. The normalized spacial score (nSPS) is 12.4. The van der Waals surface area contributed by atoms with Gasteiger partial charge >= 0.3 is 0 Å². The van der Waals surface area contributed by atoms with Crippen LogP contribution in [0.25, 0.3) is 0 Å². The SMILES string of the molecule is CCOc1cncc(C(N)c2sccc2CC)c1. The van der Waals surface area contributed by atoms with Crippen molar-refractivity contribution in [3.8, 4) is 5.75 Å². The van der Waals surface area contributed by atoms with Crippen molar-refractivity contribution in [2.45, 2.75) is 26.3 Å². The molecule has 2 N–H and O–H groups in total. The van der Waals surface area contributed by atoms with E-state index in [-0.39, 0.29) is 6.04 Å². The Bertz CT molecular complexity index is 510. The van der Waals surface area contributed by atoms with Crippen molar-refractivity contribution >= 4 is 11.3 Å². The van der Waals surface area contributed by atoms with Crippen LogP contribution in [0.1, 0.15) is 35.9 Å². The van der Waals surface area contributed by atoms with Gasteiger partial charge in [-0.2, -0.15) is 0 Å². The molecule has 0 aliphatic heterocycles. The fourth-order valence-corrected chi connectivity index (χ4v) is 2.94. The van der Waals surface area contributed by atoms with Gasteiger partial charge in [0.1, 0.15) is 5.75 Å². The van der Waals surface area contributed by atoms with Crippen LogP contribution in [-0.4, -0.2) is 11.6 Å². The first-order chi connectivity index (χ1) is 8.76. The highest BCUT2D eigenvalue weighted by molar-refractivity contribution is 7.10. The summed E-state index contributed by atoms with van der Waals surface area (Å²) in [4.78, 5) is 5.41. The van der Waals surface area contributed by atoms with E-state index in [1.54, 1.807) is 17.5 Å². The van der Waals surface area contributed by atoms with E-state index in [9.17, 15) is 0 Å². The molecule has 1 unspecified atom stereocenters. The lowest BCUT2D eigenvalue weighted by molar-refractivity contribution is 0.338. The minimum Gasteiger partial charge on any atom is -0.492 e. The minimum atomic E-state index is -0.118. The second-order valence-electron chi connectivity index (χ2n) is 4.03. The van der Waals surface area contributed by atoms with E-state index in [1.165, 1.54) is 10.4 Å². The van der Waals surface area contributed by atoms with Gasteiger partial charge in [0, 0.05) is 11.1 Å². The maximum absolute atomic E-state index is 6.32. The van der Waals surface area contributed by atoms with Crippen LogP contribution in [0.15, 0.2) is 29.9 Å². The van der Waals surface area contributed by atoms with Gasteiger partial charge in [0.05, 0.1) is 18.8 Å². The number of nitrogens with two attached hydrogens (primary N) is 1. The first kappa shape index (κ1) is 13.1. The zero-order valence-electron chi connectivity index (χ0n) is 10.7. The molecule has 18 heavy (non-hydrogen) atoms. The maximum Gasteiger partial charge on any atom is 0.137 e. The molecule has 0 aliphatic rings. The van der Waals surface area contributed by atoms with Gasteiger partial charge < -0.3 is 10.5 Å². The first-order valence-electron chi connectivity index (χ1n) is 6.15. The Morgan fingerprint density at radius 2 is 2.22 bits per heavy atom. The van der Waals surface area contributed by atoms with Crippen molar-refractivity contribution in [2.75, 3.05) is 6.61 Å². The Labute approximate surface area is 112 Å². The summed E-state index contributed by atoms with van der Waals surface area (Å²) in [5.41, 5.74) is 8.63. The lowest BCUT2D eigenvalue weighted by Crippen LogP contribution is -2.12. The third-order valence-electron chi connectivity index (χ3n) is 2.85. The molecular formula is C14H18N2OS. The van der Waals surface area contributed by atoms with Crippen molar-refractivity contribution in [3.63, 3.8) is 0 Å². The lowest BCUT2D eigenvalue weighted by Gasteiger charge is -2.13. The van der Waals surface area contributed by atoms with Crippen LogP contribution in [0.4, 0.5) is 0 Å². The van der Waals surface area contributed by atoms with Gasteiger partial charge in [-0.3, -0.25) is 4.98 Å². The second-order valence-corrected chi connectivity index (χ2v) is 4.98. The molecule has 2 aromatic rings. The van der Waals surface area contributed by atoms with Gasteiger partial charge in [-0.05, 0) is 42.0 Å². The number of nitrogens with zero attached hydrogens (tertiary/aromatic N) is 1. The Kier molecular flexibility index (Phi) is 4.33. The standard InChI is InChI=1S/C14H18N2OS/c1-3-10-5-6-18-14(10)13(15)11-7-12(17-4-2)9-16-8-11/h5-9,13H,3-4,15H2,1-2H3. The summed E-state index contributed by atoms with van der Waals surface area (Å²) < 4.78 is 5.46. The van der Waals surface area contributed by atoms with Gasteiger partial charge in [0.2, 0.25) is 0 Å². The van der Waals surface area contributed by atoms with E-state index in [4.69, 9.17) is 10.5 Å². The van der Waals surface area contributed by atoms with E-state index < -0.39 is 0 Å². The number of aromatic nitrogens is 1. The highest BCUT2D eigenvalue weighted by atomic mass is 32.1. The molecule has 0 fully saturated rings. The topological polar surface area (TPSA) is 48.1 Å². The highest BCUT2D eigenvalue weighted by Crippen LogP contribution is 2.29. The summed E-state index contributed by atoms with van der Waals surface area (Å²) in [5.74, 6) is 0.778. The number of hydrogen-bond acceptors (Lipinski definition) is 4. The molecule has 0 saturated carbocycles. The van der Waals surface area contributed by atoms with Crippen LogP contribution >= 0.6 is 11.3 Å². The molecule has 4 heteroatoms. The van der Waals surface area contributed by atoms with Gasteiger partial charge in [-0.25, -0.2) is 0 Å². The third-order valence-corrected chi connectivity index (χ3v) is 3.89. The lowest BCUT2D eigenvalue weighted by atomic mass is 10.0. The number of pyridine rings is 1. The van der Waals surface area contributed by atoms with E-state index >= 15 is 0 Å². The van der Waals surface area contributed by atoms with Crippen molar-refractivity contribution in [1.82, 2.24) is 4.98 Å². The quantitative estimate of drug-likeness (QED) is 0.900. The third kappa shape index (κ3) is 2.71. The van der Waals surface area contributed by atoms with E-state index in [0.29, 0.717) is 6.61 Å². The zero-order chi connectivity index (χ0) is 13.0. The average molecular weight is 262 g/mol. The summed E-state index contributed by atoms with van der Waals surface area (Å²) in [6.45, 7) is 4.74. The molecule has 0 aliphatic carbocycles. The molecule has 1 atom stereocenters. The van der Waals surface area contributed by atoms with E-state index in [1.807, 2.05) is 19.2 Å². The van der Waals surface area contributed by atoms with Crippen molar-refractivity contribution < 1.29 is 4.74 Å². The molecule has 2 rings (SSSR count). The highest BCUT2D eigenvalue weighted by Gasteiger charge is 2.14. The molecule has 2 aromatic heterocycles. The first-order valence-corrected chi connectivity index (χ1v) is 7.03. The van der Waals surface area contributed by atoms with Crippen LogP contribution in [0, 0.1) is 0 Å². The monoisotopic (exact) mass is 262 g/mol. The smallest absolute Gasteiger partial charge is 0.137 e. The molecule has 2 heterocycles. The van der Waals surface area contributed by atoms with Gasteiger partial charge in [0.15, 0.2) is 0 Å². The number of hydrogen-bond donors (Lipinski definition) is 1. The summed E-state index contributed by atoms with van der Waals surface area (Å²) in [6.07, 6.45) is 4.53. The van der Waals surface area contributed by atoms with Gasteiger partial charge in [-0.1, -0.05) is 6.92 Å². The number of rotatable bonds is 5. The number of thiophene rings is 1. The Morgan fingerprint density at radius 1 is 1.39 bits per heavy atom. The molecule has 96 valence electrons. The summed E-state index contributed by atoms with van der Waals surface area (Å²) in [7, 11) is 0. The molecule has 0 amide bonds. The van der Waals surface area contributed by atoms with Crippen molar-refractivity contribution in [1.29, 1.82) is 0 Å². The van der Waals surface area contributed by atoms with Crippen molar-refractivity contribution in [2.24, 2.45) is 5.73 Å². The Morgan fingerprint density at radius 3 is 2.94 bits per heavy atom. The molecule has 0 radical (unpaired) electrons. The van der Waals surface area contributed by atoms with Crippen LogP contribution in [0.2, 0.25) is 0 Å². The average Bonchev–Trinajstić information content (AvgIpc) is 2.87. The predicted octanol–water partition coefficient (Wildman–Crippen LogP) is 3.15. The summed E-state index contributed by atoms with van der Waals surface area (Å²) in [5, 5.41) is 2.09. The molecule has 0 bridgehead atoms. The molecule has 0 saturated heterocycles. The molecule has 3 nitrogen and oxygen atoms in total. The van der Waals surface area contributed by atoms with E-state index in [2.05, 4.69) is 23.4 Å². The van der Waals surface area contributed by atoms with Crippen LogP contribution in [0.3, 0.4) is 0 Å². The van der Waals surface area contributed by atoms with Gasteiger partial charge in [0.25, 0.3) is 0 Å². The molecule has 0 spiro atoms. The molecular weight excluding hydrogens is 244 g/mol. The summed E-state index contributed by atoms with van der Waals surface area (Å²) >= 11 is 1.70. The number of aryl methyl sites for hydroxylation is 1. The summed E-state index contributed by atoms with van der Waals surface area (Å²) in [6, 6.07) is 3.99. The minimum absolute atomic E-state index is 0.118. The zero-order valence-corrected chi connectivity index (χ0v) is 11.5. The van der Waals surface area contributed by atoms with E-state index in [0.717, 1.165) is 17.7 Å². The molecule has 0 aromatic carbocycles. The Balaban J connectivity index is 2.28. The fourth-order valence-electron chi connectivity index (χ4n) is 1.92. The van der Waals surface area contributed by atoms with Crippen LogP contribution in [0.5, 0.6) is 5.75 Å². The van der Waals surface area contributed by atoms with Crippen molar-refractivity contribution in [3.05, 3.63) is 45.9 Å². The Hall–Kier alpha value is -1.39. The van der Waals surface area contributed by atoms with Crippen LogP contribution < -0.4 is 10.5 Å². The fraction of sp³-hybridized carbons (Fsp3) is 0.357. The van der Waals surface area contributed by atoms with Crippen LogP contribution in [-0.2, 0) is 6.42 Å².